The highest BCUT2D eigenvalue weighted by Gasteiger charge is 2.43. The number of nitrogens with zero attached hydrogens (tertiary/aromatic N) is 3. The van der Waals surface area contributed by atoms with Crippen molar-refractivity contribution in [1.82, 2.24) is 14.8 Å². The van der Waals surface area contributed by atoms with Crippen LogP contribution in [0.1, 0.15) is 17.7 Å². The maximum Gasteiger partial charge on any atom is 0.130 e. The van der Waals surface area contributed by atoms with Crippen molar-refractivity contribution in [1.29, 1.82) is 0 Å². The quantitative estimate of drug-likeness (QED) is 0.791. The standard InChI is InChI=1S/C18H18BrF2N3/c19-13-2-4-15(22-7-13)9-24-11-16-6-17(24)10-23(16)8-12-1-3-14(20)5-18(12)21/h1-5,7,16-17H,6,8-11H2. The predicted molar refractivity (Wildman–Crippen MR) is 91.3 cm³/mol. The number of piperazine rings is 1. The van der Waals surface area contributed by atoms with Crippen LogP contribution >= 0.6 is 15.9 Å². The minimum absolute atomic E-state index is 0.440. The fourth-order valence-corrected chi connectivity index (χ4v) is 4.03. The number of benzene rings is 1. The lowest BCUT2D eigenvalue weighted by atomic mass is 10.1. The Morgan fingerprint density at radius 3 is 2.42 bits per heavy atom. The van der Waals surface area contributed by atoms with Gasteiger partial charge in [0.15, 0.2) is 0 Å². The van der Waals surface area contributed by atoms with Crippen molar-refractivity contribution in [3.05, 3.63) is 63.9 Å². The minimum Gasteiger partial charge on any atom is -0.293 e. The summed E-state index contributed by atoms with van der Waals surface area (Å²) in [6, 6.07) is 8.84. The highest BCUT2D eigenvalue weighted by atomic mass is 79.9. The fraction of sp³-hybridized carbons (Fsp3) is 0.389. The zero-order chi connectivity index (χ0) is 16.7. The van der Waals surface area contributed by atoms with Crippen LogP contribution in [0.15, 0.2) is 41.0 Å². The summed E-state index contributed by atoms with van der Waals surface area (Å²) in [7, 11) is 0. The SMILES string of the molecule is Fc1ccc(CN2CC3CC2CN3Cc2ccc(Br)cn2)c(F)c1. The van der Waals surface area contributed by atoms with Gasteiger partial charge in [-0.15, -0.1) is 0 Å². The van der Waals surface area contributed by atoms with Crippen LogP contribution in [0.4, 0.5) is 8.78 Å². The van der Waals surface area contributed by atoms with Crippen molar-refractivity contribution in [2.45, 2.75) is 31.6 Å². The molecule has 2 aliphatic rings. The summed E-state index contributed by atoms with van der Waals surface area (Å²) in [5.74, 6) is -0.971. The van der Waals surface area contributed by atoms with Crippen LogP contribution in [0.25, 0.3) is 0 Å². The largest absolute Gasteiger partial charge is 0.293 e. The Bertz CT molecular complexity index is 738. The van der Waals surface area contributed by atoms with Crippen LogP contribution in [0.3, 0.4) is 0 Å². The zero-order valence-corrected chi connectivity index (χ0v) is 14.7. The molecule has 0 radical (unpaired) electrons. The van der Waals surface area contributed by atoms with Crippen LogP contribution < -0.4 is 0 Å². The number of pyridine rings is 1. The molecule has 0 spiro atoms. The zero-order valence-electron chi connectivity index (χ0n) is 13.1. The summed E-state index contributed by atoms with van der Waals surface area (Å²) in [6.45, 7) is 3.31. The van der Waals surface area contributed by atoms with Crippen LogP contribution in [0.5, 0.6) is 0 Å². The second-order valence-corrected chi connectivity index (χ2v) is 7.52. The van der Waals surface area contributed by atoms with Gasteiger partial charge in [0.05, 0.1) is 5.69 Å². The van der Waals surface area contributed by atoms with Crippen molar-refractivity contribution < 1.29 is 8.78 Å². The number of rotatable bonds is 4. The summed E-state index contributed by atoms with van der Waals surface area (Å²) >= 11 is 3.40. The molecule has 2 atom stereocenters. The first-order valence-corrected chi connectivity index (χ1v) is 8.90. The minimum atomic E-state index is -0.521. The number of hydrogen-bond donors (Lipinski definition) is 0. The van der Waals surface area contributed by atoms with E-state index in [-0.39, 0.29) is 0 Å². The maximum atomic E-state index is 13.9. The summed E-state index contributed by atoms with van der Waals surface area (Å²) in [5.41, 5.74) is 1.65. The van der Waals surface area contributed by atoms with Gasteiger partial charge in [-0.25, -0.2) is 8.78 Å². The second-order valence-electron chi connectivity index (χ2n) is 6.61. The van der Waals surface area contributed by atoms with Crippen LogP contribution in [-0.4, -0.2) is 40.0 Å². The van der Waals surface area contributed by atoms with Gasteiger partial charge in [-0.3, -0.25) is 14.8 Å². The molecule has 6 heteroatoms. The van der Waals surface area contributed by atoms with E-state index in [1.807, 2.05) is 18.3 Å². The number of halogens is 3. The monoisotopic (exact) mass is 393 g/mol. The maximum absolute atomic E-state index is 13.9. The number of fused-ring (bicyclic) bond motifs is 2. The Morgan fingerprint density at radius 1 is 1.04 bits per heavy atom. The average Bonchev–Trinajstić information content (AvgIpc) is 3.12. The Morgan fingerprint density at radius 2 is 1.79 bits per heavy atom. The molecule has 2 aromatic rings. The summed E-state index contributed by atoms with van der Waals surface area (Å²) in [5, 5.41) is 0. The molecule has 2 bridgehead atoms. The molecule has 0 N–H and O–H groups in total. The molecule has 0 amide bonds. The van der Waals surface area contributed by atoms with Crippen LogP contribution in [0.2, 0.25) is 0 Å². The van der Waals surface area contributed by atoms with E-state index < -0.39 is 11.6 Å². The van der Waals surface area contributed by atoms with E-state index in [9.17, 15) is 8.78 Å². The van der Waals surface area contributed by atoms with Gasteiger partial charge in [0, 0.05) is 60.6 Å². The average molecular weight is 394 g/mol. The summed E-state index contributed by atoms with van der Waals surface area (Å²) in [4.78, 5) is 9.21. The van der Waals surface area contributed by atoms with E-state index in [0.29, 0.717) is 24.2 Å². The lowest BCUT2D eigenvalue weighted by Gasteiger charge is -2.34. The van der Waals surface area contributed by atoms with Gasteiger partial charge in [-0.1, -0.05) is 6.07 Å². The Kier molecular flexibility index (Phi) is 4.37. The molecule has 24 heavy (non-hydrogen) atoms. The van der Waals surface area contributed by atoms with Gasteiger partial charge in [0.1, 0.15) is 11.6 Å². The van der Waals surface area contributed by atoms with E-state index in [1.165, 1.54) is 6.07 Å². The number of likely N-dealkylation sites (tertiary alicyclic amines) is 2. The molecule has 2 unspecified atom stereocenters. The molecule has 2 saturated heterocycles. The fourth-order valence-electron chi connectivity index (χ4n) is 3.80. The molecule has 4 rings (SSSR count). The first-order chi connectivity index (χ1) is 11.6. The van der Waals surface area contributed by atoms with E-state index >= 15 is 0 Å². The molecule has 3 heterocycles. The normalized spacial score (nSPS) is 24.0. The highest BCUT2D eigenvalue weighted by Crippen LogP contribution is 2.33. The molecule has 126 valence electrons. The van der Waals surface area contributed by atoms with E-state index in [1.54, 1.807) is 6.07 Å². The Hall–Kier alpha value is -1.37. The van der Waals surface area contributed by atoms with Crippen LogP contribution in [-0.2, 0) is 13.1 Å². The van der Waals surface area contributed by atoms with Crippen molar-refractivity contribution in [2.24, 2.45) is 0 Å². The topological polar surface area (TPSA) is 19.4 Å². The Labute approximate surface area is 148 Å². The number of aromatic nitrogens is 1. The summed E-state index contributed by atoms with van der Waals surface area (Å²) in [6.07, 6.45) is 2.94. The van der Waals surface area contributed by atoms with Gasteiger partial charge >= 0.3 is 0 Å². The van der Waals surface area contributed by atoms with Gasteiger partial charge in [0.25, 0.3) is 0 Å². The van der Waals surface area contributed by atoms with E-state index in [2.05, 4.69) is 30.7 Å². The highest BCUT2D eigenvalue weighted by molar-refractivity contribution is 9.10. The van der Waals surface area contributed by atoms with Crippen molar-refractivity contribution in [2.75, 3.05) is 13.1 Å². The molecule has 1 aromatic heterocycles. The van der Waals surface area contributed by atoms with Crippen molar-refractivity contribution >= 4 is 15.9 Å². The molecule has 3 nitrogen and oxygen atoms in total. The van der Waals surface area contributed by atoms with Crippen molar-refractivity contribution in [3.63, 3.8) is 0 Å². The molecular formula is C18H18BrF2N3. The second kappa shape index (κ2) is 6.50. The van der Waals surface area contributed by atoms with E-state index in [4.69, 9.17) is 0 Å². The van der Waals surface area contributed by atoms with Crippen LogP contribution in [0, 0.1) is 11.6 Å². The molecular weight excluding hydrogens is 376 g/mol. The molecule has 2 fully saturated rings. The third-order valence-electron chi connectivity index (χ3n) is 5.01. The molecule has 0 saturated carbocycles. The Balaban J connectivity index is 1.38. The molecule has 1 aromatic carbocycles. The first kappa shape index (κ1) is 16.1. The third-order valence-corrected chi connectivity index (χ3v) is 5.48. The van der Waals surface area contributed by atoms with E-state index in [0.717, 1.165) is 42.3 Å². The van der Waals surface area contributed by atoms with Gasteiger partial charge in [-0.2, -0.15) is 0 Å². The summed E-state index contributed by atoms with van der Waals surface area (Å²) < 4.78 is 27.9. The van der Waals surface area contributed by atoms with Crippen molar-refractivity contribution in [3.8, 4) is 0 Å². The lowest BCUT2D eigenvalue weighted by Crippen LogP contribution is -2.45. The molecule has 2 aliphatic heterocycles. The first-order valence-electron chi connectivity index (χ1n) is 8.11. The van der Waals surface area contributed by atoms with Gasteiger partial charge in [0.2, 0.25) is 0 Å². The smallest absolute Gasteiger partial charge is 0.130 e. The van der Waals surface area contributed by atoms with Gasteiger partial charge in [-0.05, 0) is 40.5 Å². The lowest BCUT2D eigenvalue weighted by molar-refractivity contribution is 0.116. The number of hydrogen-bond acceptors (Lipinski definition) is 3. The predicted octanol–water partition coefficient (Wildman–Crippen LogP) is 3.58. The molecule has 0 aliphatic carbocycles. The van der Waals surface area contributed by atoms with Gasteiger partial charge < -0.3 is 0 Å². The third kappa shape index (κ3) is 3.23.